The van der Waals surface area contributed by atoms with Crippen molar-refractivity contribution in [3.05, 3.63) is 69.9 Å². The number of amidine groups is 1. The Labute approximate surface area is 217 Å². The van der Waals surface area contributed by atoms with E-state index in [4.69, 9.17) is 10.6 Å². The molecule has 4 rings (SSSR count). The molecule has 2 amide bonds. The molecule has 188 valence electrons. The number of aromatic nitrogens is 1. The molecule has 3 unspecified atom stereocenters. The average molecular weight is 547 g/mol. The van der Waals surface area contributed by atoms with Crippen molar-refractivity contribution in [2.24, 2.45) is 15.3 Å². The fourth-order valence-electron chi connectivity index (χ4n) is 3.42. The van der Waals surface area contributed by atoms with E-state index in [0.29, 0.717) is 16.4 Å². The molecular formula is C22H22N6O5S3. The summed E-state index contributed by atoms with van der Waals surface area (Å²) in [6.07, 6.45) is 6.62. The van der Waals surface area contributed by atoms with Gasteiger partial charge in [-0.15, -0.1) is 18.3 Å². The molecule has 0 saturated carbocycles. The van der Waals surface area contributed by atoms with Crippen LogP contribution in [0, 0.1) is 0 Å². The van der Waals surface area contributed by atoms with Crippen LogP contribution >= 0.6 is 23.5 Å². The first-order valence-electron chi connectivity index (χ1n) is 10.5. The van der Waals surface area contributed by atoms with Crippen molar-refractivity contribution in [3.63, 3.8) is 0 Å². The van der Waals surface area contributed by atoms with Gasteiger partial charge in [0.05, 0.1) is 18.7 Å². The quantitative estimate of drug-likeness (QED) is 0.172. The number of thioether (sulfide) groups is 2. The number of β-lactam (4-membered cyclic amide) rings is 1. The number of fused-ring (bicyclic) bond motifs is 1. The fourth-order valence-corrected chi connectivity index (χ4v) is 6.80. The number of hydrogen-bond donors (Lipinski definition) is 3. The number of pyridine rings is 1. The zero-order valence-electron chi connectivity index (χ0n) is 18.8. The van der Waals surface area contributed by atoms with Gasteiger partial charge in [0.2, 0.25) is 5.91 Å². The van der Waals surface area contributed by atoms with E-state index < -0.39 is 39.9 Å². The molecule has 1 fully saturated rings. The summed E-state index contributed by atoms with van der Waals surface area (Å²) in [5.41, 5.74) is 7.08. The van der Waals surface area contributed by atoms with Gasteiger partial charge < -0.3 is 16.2 Å². The van der Waals surface area contributed by atoms with Gasteiger partial charge in [0, 0.05) is 39.2 Å². The summed E-state index contributed by atoms with van der Waals surface area (Å²) in [5, 5.41) is 15.6. The summed E-state index contributed by atoms with van der Waals surface area (Å²) in [7, 11) is -0.885. The summed E-state index contributed by atoms with van der Waals surface area (Å²) in [6, 6.07) is 2.86. The number of rotatable bonds is 10. The number of aliphatic carboxylic acids is 1. The minimum atomic E-state index is -1.19. The van der Waals surface area contributed by atoms with Crippen molar-refractivity contribution in [1.82, 2.24) is 15.2 Å². The Morgan fingerprint density at radius 1 is 1.50 bits per heavy atom. The molecule has 1 aromatic heterocycles. The van der Waals surface area contributed by atoms with Gasteiger partial charge >= 0.3 is 5.97 Å². The molecule has 3 atom stereocenters. The molecule has 4 heterocycles. The molecule has 14 heteroatoms. The summed E-state index contributed by atoms with van der Waals surface area (Å²) < 4.78 is 3.93. The second kappa shape index (κ2) is 11.7. The summed E-state index contributed by atoms with van der Waals surface area (Å²) in [5.74, 6) is -1.69. The molecule has 3 aliphatic rings. The van der Waals surface area contributed by atoms with Crippen LogP contribution in [0.15, 0.2) is 73.8 Å². The van der Waals surface area contributed by atoms with Crippen molar-refractivity contribution < 1.29 is 24.3 Å². The Balaban J connectivity index is 1.38. The van der Waals surface area contributed by atoms with E-state index >= 15 is 0 Å². The Morgan fingerprint density at radius 2 is 2.33 bits per heavy atom. The highest BCUT2D eigenvalue weighted by atomic mass is 32.2. The minimum Gasteiger partial charge on any atom is -0.477 e. The number of amides is 2. The number of hydrogen-bond acceptors (Lipinski definition) is 10. The van der Waals surface area contributed by atoms with Crippen LogP contribution < -0.4 is 11.1 Å². The first-order chi connectivity index (χ1) is 17.4. The Hall–Kier alpha value is -3.20. The number of carboxylic acids is 1. The van der Waals surface area contributed by atoms with Gasteiger partial charge in [0.15, 0.2) is 5.17 Å². The molecule has 11 nitrogen and oxygen atoms in total. The van der Waals surface area contributed by atoms with E-state index in [1.54, 1.807) is 35.4 Å². The van der Waals surface area contributed by atoms with Gasteiger partial charge in [-0.25, -0.2) is 14.6 Å². The molecule has 1 aromatic rings. The van der Waals surface area contributed by atoms with Crippen LogP contribution in [-0.2, 0) is 29.9 Å². The first kappa shape index (κ1) is 25.9. The molecule has 4 N–H and O–H groups in total. The molecular weight excluding hydrogens is 524 g/mol. The third-order valence-corrected chi connectivity index (χ3v) is 8.63. The van der Waals surface area contributed by atoms with Crippen LogP contribution in [0.25, 0.3) is 6.08 Å². The molecule has 36 heavy (non-hydrogen) atoms. The van der Waals surface area contributed by atoms with E-state index in [1.807, 2.05) is 12.1 Å². The van der Waals surface area contributed by atoms with Crippen molar-refractivity contribution in [2.45, 2.75) is 17.8 Å². The molecule has 0 spiro atoms. The lowest BCUT2D eigenvalue weighted by Gasteiger charge is -2.49. The lowest BCUT2D eigenvalue weighted by atomic mass is 10.0. The van der Waals surface area contributed by atoms with Crippen molar-refractivity contribution in [2.75, 3.05) is 12.4 Å². The van der Waals surface area contributed by atoms with Gasteiger partial charge in [-0.2, -0.15) is 0 Å². The molecule has 0 bridgehead atoms. The number of carbonyl (C=O) groups is 3. The van der Waals surface area contributed by atoms with Crippen molar-refractivity contribution >= 4 is 63.2 Å². The predicted molar refractivity (Wildman–Crippen MR) is 141 cm³/mol. The van der Waals surface area contributed by atoms with E-state index in [0.717, 1.165) is 5.56 Å². The fraction of sp³-hybridized carbons (Fsp3) is 0.227. The van der Waals surface area contributed by atoms with Crippen LogP contribution in [0.4, 0.5) is 0 Å². The van der Waals surface area contributed by atoms with Gasteiger partial charge in [-0.1, -0.05) is 28.4 Å². The highest BCUT2D eigenvalue weighted by molar-refractivity contribution is 8.08. The largest absolute Gasteiger partial charge is 0.477 e. The van der Waals surface area contributed by atoms with Crippen LogP contribution in [0.5, 0.6) is 0 Å². The molecule has 0 aromatic carbocycles. The zero-order chi connectivity index (χ0) is 25.7. The van der Waals surface area contributed by atoms with Gasteiger partial charge in [-0.3, -0.25) is 19.5 Å². The second-order valence-electron chi connectivity index (χ2n) is 7.45. The number of nitrogens with two attached hydrogens (primary N) is 1. The molecule has 0 radical (unpaired) electrons. The van der Waals surface area contributed by atoms with Gasteiger partial charge in [0.25, 0.3) is 5.91 Å². The van der Waals surface area contributed by atoms with E-state index in [9.17, 15) is 19.5 Å². The predicted octanol–water partition coefficient (Wildman–Crippen LogP) is 1.96. The highest BCUT2D eigenvalue weighted by Gasteiger charge is 2.54. The normalized spacial score (nSPS) is 23.3. The summed E-state index contributed by atoms with van der Waals surface area (Å²) >= 11 is 2.64. The van der Waals surface area contributed by atoms with Crippen LogP contribution in [0.1, 0.15) is 12.0 Å². The molecule has 3 aliphatic heterocycles. The lowest BCUT2D eigenvalue weighted by molar-refractivity contribution is -0.150. The van der Waals surface area contributed by atoms with E-state index in [2.05, 4.69) is 26.4 Å². The Morgan fingerprint density at radius 3 is 3.06 bits per heavy atom. The topological polar surface area (TPSA) is 160 Å². The monoisotopic (exact) mass is 546 g/mol. The third kappa shape index (κ3) is 5.78. The smallest absolute Gasteiger partial charge is 0.353 e. The number of nitrogens with one attached hydrogen (secondary N) is 1. The SMILES string of the molecule is C=CCO/N=S1\C=C(CC(=O)NC2C(=O)N3C(C(=O)O)=C(S/C=C\c4cccnc4)CSC23)N=C1N. The number of aliphatic imine (C=N–C) groups is 1. The number of carboxylic acid groups (broad SMARTS) is 1. The van der Waals surface area contributed by atoms with Gasteiger partial charge in [0.1, 0.15) is 17.1 Å². The minimum absolute atomic E-state index is 0.0591. The first-order valence-corrected chi connectivity index (χ1v) is 13.7. The van der Waals surface area contributed by atoms with Crippen LogP contribution in [-0.4, -0.2) is 61.7 Å². The van der Waals surface area contributed by atoms with Crippen LogP contribution in [0.3, 0.4) is 0 Å². The second-order valence-corrected chi connectivity index (χ2v) is 11.0. The highest BCUT2D eigenvalue weighted by Crippen LogP contribution is 2.43. The van der Waals surface area contributed by atoms with Gasteiger partial charge in [-0.05, 0) is 23.1 Å². The van der Waals surface area contributed by atoms with Crippen LogP contribution in [0.2, 0.25) is 0 Å². The Kier molecular flexibility index (Phi) is 8.40. The van der Waals surface area contributed by atoms with Crippen molar-refractivity contribution in [1.29, 1.82) is 0 Å². The van der Waals surface area contributed by atoms with E-state index in [1.165, 1.54) is 28.4 Å². The van der Waals surface area contributed by atoms with Crippen molar-refractivity contribution in [3.8, 4) is 0 Å². The standard InChI is InChI=1S/C22H22N6O5S3/c1-2-7-33-27-36-12-14(25-22(36)23)9-16(29)26-17-19(30)28-18(21(31)32)15(11-35-20(17)28)34-8-5-13-4-3-6-24-10-13/h2-6,8,10,12,17,20H,1,7,9,11H2,(H2,23,25)(H,26,29)(H,31,32)/b8-5-. The lowest BCUT2D eigenvalue weighted by Crippen LogP contribution is -2.70. The number of nitrogens with zero attached hydrogens (tertiary/aromatic N) is 4. The molecule has 0 aliphatic carbocycles. The maximum Gasteiger partial charge on any atom is 0.353 e. The third-order valence-electron chi connectivity index (χ3n) is 4.99. The summed E-state index contributed by atoms with van der Waals surface area (Å²) in [6.45, 7) is 3.76. The Bertz CT molecular complexity index is 1240. The van der Waals surface area contributed by atoms with E-state index in [-0.39, 0.29) is 23.9 Å². The summed E-state index contributed by atoms with van der Waals surface area (Å²) in [4.78, 5) is 52.4. The number of carbonyl (C=O) groups excluding carboxylic acids is 2. The molecule has 1 saturated heterocycles. The average Bonchev–Trinajstić information content (AvgIpc) is 3.21. The zero-order valence-corrected chi connectivity index (χ0v) is 21.2. The maximum atomic E-state index is 12.8. The maximum absolute atomic E-state index is 12.8.